The topological polar surface area (TPSA) is 46.6 Å². The molecular weight excluding hydrogens is 357 g/mol. The van der Waals surface area contributed by atoms with E-state index in [1.165, 1.54) is 17.0 Å². The predicted molar refractivity (Wildman–Crippen MR) is 107 cm³/mol. The third-order valence-corrected chi connectivity index (χ3v) is 4.81. The summed E-state index contributed by atoms with van der Waals surface area (Å²) in [6.45, 7) is 7.62. The number of carbonyl (C=O) groups excluding carboxylic acids is 2. The summed E-state index contributed by atoms with van der Waals surface area (Å²) in [7, 11) is 0. The van der Waals surface area contributed by atoms with Crippen molar-refractivity contribution in [1.29, 1.82) is 0 Å². The molecule has 0 radical (unpaired) electrons. The largest absolute Gasteiger partial charge is 0.462 e. The van der Waals surface area contributed by atoms with Gasteiger partial charge < -0.3 is 4.74 Å². The number of aryl methyl sites for hydroxylation is 2. The number of allylic oxidation sites excluding steroid dienone is 1. The average molecular weight is 379 g/mol. The number of rotatable bonds is 4. The lowest BCUT2D eigenvalue weighted by molar-refractivity contribution is -0.138. The Bertz CT molecular complexity index is 1000. The summed E-state index contributed by atoms with van der Waals surface area (Å²) >= 11 is 0. The van der Waals surface area contributed by atoms with Crippen molar-refractivity contribution in [3.8, 4) is 0 Å². The van der Waals surface area contributed by atoms with Gasteiger partial charge in [-0.2, -0.15) is 0 Å². The molecule has 0 atom stereocenters. The van der Waals surface area contributed by atoms with Crippen molar-refractivity contribution >= 4 is 23.6 Å². The maximum Gasteiger partial charge on any atom is 0.340 e. The van der Waals surface area contributed by atoms with Crippen molar-refractivity contribution in [3.63, 3.8) is 0 Å². The van der Waals surface area contributed by atoms with Gasteiger partial charge in [-0.1, -0.05) is 18.2 Å². The summed E-state index contributed by atoms with van der Waals surface area (Å²) in [5, 5.41) is 0. The molecule has 0 saturated carbocycles. The molecule has 0 N–H and O–H groups in total. The Morgan fingerprint density at radius 1 is 1.07 bits per heavy atom. The molecule has 0 aliphatic carbocycles. The van der Waals surface area contributed by atoms with Gasteiger partial charge in [0.1, 0.15) is 5.82 Å². The highest BCUT2D eigenvalue weighted by Crippen LogP contribution is 2.36. The number of halogens is 1. The fraction of sp³-hybridized carbons (Fsp3) is 0.217. The molecule has 1 heterocycles. The van der Waals surface area contributed by atoms with Crippen LogP contribution in [0.4, 0.5) is 10.1 Å². The lowest BCUT2D eigenvalue weighted by atomic mass is 10.0. The fourth-order valence-corrected chi connectivity index (χ4v) is 3.18. The lowest BCUT2D eigenvalue weighted by Crippen LogP contribution is -2.24. The van der Waals surface area contributed by atoms with E-state index in [0.717, 1.165) is 11.1 Å². The fourth-order valence-electron chi connectivity index (χ4n) is 3.18. The van der Waals surface area contributed by atoms with Crippen LogP contribution in [0.25, 0.3) is 6.08 Å². The molecule has 1 aliphatic rings. The summed E-state index contributed by atoms with van der Waals surface area (Å²) < 4.78 is 18.4. The number of benzene rings is 2. The minimum atomic E-state index is -0.548. The molecule has 0 saturated heterocycles. The third-order valence-electron chi connectivity index (χ3n) is 4.81. The Morgan fingerprint density at radius 2 is 1.75 bits per heavy atom. The van der Waals surface area contributed by atoms with E-state index in [4.69, 9.17) is 4.74 Å². The lowest BCUT2D eigenvalue weighted by Gasteiger charge is -2.19. The van der Waals surface area contributed by atoms with E-state index >= 15 is 0 Å². The molecule has 3 rings (SSSR count). The van der Waals surface area contributed by atoms with Gasteiger partial charge in [-0.25, -0.2) is 9.18 Å². The van der Waals surface area contributed by atoms with Gasteiger partial charge in [0.05, 0.1) is 17.8 Å². The van der Waals surface area contributed by atoms with E-state index in [2.05, 4.69) is 0 Å². The average Bonchev–Trinajstić information content (AvgIpc) is 2.90. The SMILES string of the molecule is CCOC(=O)C1=C(C)N(c2ccc(C)c(C)c2)C(=O)/C1=C\c1ccc(F)cc1. The zero-order valence-electron chi connectivity index (χ0n) is 16.4. The molecule has 0 bridgehead atoms. The van der Waals surface area contributed by atoms with Crippen molar-refractivity contribution < 1.29 is 18.7 Å². The quantitative estimate of drug-likeness (QED) is 0.571. The van der Waals surface area contributed by atoms with Gasteiger partial charge in [0.2, 0.25) is 0 Å². The Morgan fingerprint density at radius 3 is 2.36 bits per heavy atom. The van der Waals surface area contributed by atoms with Crippen LogP contribution in [-0.2, 0) is 14.3 Å². The van der Waals surface area contributed by atoms with Gasteiger partial charge in [0.25, 0.3) is 5.91 Å². The van der Waals surface area contributed by atoms with Crippen LogP contribution in [0.1, 0.15) is 30.5 Å². The second-order valence-corrected chi connectivity index (χ2v) is 6.70. The number of ether oxygens (including phenoxy) is 1. The minimum Gasteiger partial charge on any atom is -0.462 e. The Balaban J connectivity index is 2.13. The predicted octanol–water partition coefficient (Wildman–Crippen LogP) is 4.71. The van der Waals surface area contributed by atoms with Crippen molar-refractivity contribution in [2.45, 2.75) is 27.7 Å². The molecule has 0 spiro atoms. The van der Waals surface area contributed by atoms with Crippen LogP contribution in [-0.4, -0.2) is 18.5 Å². The second-order valence-electron chi connectivity index (χ2n) is 6.70. The van der Waals surface area contributed by atoms with Crippen LogP contribution in [0, 0.1) is 19.7 Å². The molecule has 5 heteroatoms. The highest BCUT2D eigenvalue weighted by atomic mass is 19.1. The molecule has 0 aromatic heterocycles. The summed E-state index contributed by atoms with van der Waals surface area (Å²) in [6.07, 6.45) is 1.60. The van der Waals surface area contributed by atoms with Crippen LogP contribution in [0.5, 0.6) is 0 Å². The van der Waals surface area contributed by atoms with Crippen LogP contribution in [0.2, 0.25) is 0 Å². The summed E-state index contributed by atoms with van der Waals surface area (Å²) in [6, 6.07) is 11.5. The molecule has 4 nitrogen and oxygen atoms in total. The van der Waals surface area contributed by atoms with Gasteiger partial charge in [-0.3, -0.25) is 9.69 Å². The van der Waals surface area contributed by atoms with Gasteiger partial charge in [0.15, 0.2) is 0 Å². The number of anilines is 1. The first kappa shape index (κ1) is 19.5. The zero-order chi connectivity index (χ0) is 20.4. The number of esters is 1. The van der Waals surface area contributed by atoms with Crippen LogP contribution in [0.15, 0.2) is 59.3 Å². The maximum atomic E-state index is 13.2. The summed E-state index contributed by atoms with van der Waals surface area (Å²) in [4.78, 5) is 27.4. The molecule has 2 aromatic carbocycles. The van der Waals surface area contributed by atoms with Crippen LogP contribution < -0.4 is 4.90 Å². The van der Waals surface area contributed by atoms with Crippen LogP contribution in [0.3, 0.4) is 0 Å². The molecule has 0 fully saturated rings. The van der Waals surface area contributed by atoms with E-state index in [0.29, 0.717) is 16.9 Å². The standard InChI is InChI=1S/C23H22FNO3/c1-5-28-23(27)21-16(4)25(19-11-6-14(2)15(3)12-19)22(26)20(21)13-17-7-9-18(24)10-8-17/h6-13H,5H2,1-4H3/b20-13-. The number of hydrogen-bond acceptors (Lipinski definition) is 3. The van der Waals surface area contributed by atoms with Gasteiger partial charge in [0, 0.05) is 11.4 Å². The van der Waals surface area contributed by atoms with Crippen LogP contribution >= 0.6 is 0 Å². The Hall–Kier alpha value is -3.21. The third kappa shape index (κ3) is 3.60. The van der Waals surface area contributed by atoms with E-state index in [-0.39, 0.29) is 29.5 Å². The normalized spacial score (nSPS) is 15.5. The molecule has 2 aromatic rings. The van der Waals surface area contributed by atoms with Crippen molar-refractivity contribution in [1.82, 2.24) is 0 Å². The minimum absolute atomic E-state index is 0.206. The molecule has 144 valence electrons. The number of nitrogens with zero attached hydrogens (tertiary/aromatic N) is 1. The van der Waals surface area contributed by atoms with Crippen molar-refractivity contribution in [3.05, 3.63) is 81.8 Å². The zero-order valence-corrected chi connectivity index (χ0v) is 16.4. The summed E-state index contributed by atoms with van der Waals surface area (Å²) in [5.74, 6) is -1.23. The molecule has 1 amide bonds. The number of carbonyl (C=O) groups is 2. The molecular formula is C23H22FNO3. The van der Waals surface area contributed by atoms with E-state index in [9.17, 15) is 14.0 Å². The molecule has 0 unspecified atom stereocenters. The van der Waals surface area contributed by atoms with Gasteiger partial charge in [-0.15, -0.1) is 0 Å². The van der Waals surface area contributed by atoms with E-state index in [1.54, 1.807) is 32.1 Å². The van der Waals surface area contributed by atoms with Gasteiger partial charge in [-0.05, 0) is 74.7 Å². The monoisotopic (exact) mass is 379 g/mol. The van der Waals surface area contributed by atoms with Gasteiger partial charge >= 0.3 is 5.97 Å². The first-order valence-corrected chi connectivity index (χ1v) is 9.10. The first-order valence-electron chi connectivity index (χ1n) is 9.10. The van der Waals surface area contributed by atoms with E-state index in [1.807, 2.05) is 32.0 Å². The molecule has 28 heavy (non-hydrogen) atoms. The van der Waals surface area contributed by atoms with Crippen molar-refractivity contribution in [2.75, 3.05) is 11.5 Å². The Labute approximate surface area is 163 Å². The highest BCUT2D eigenvalue weighted by Gasteiger charge is 2.38. The second kappa shape index (κ2) is 7.80. The smallest absolute Gasteiger partial charge is 0.340 e. The van der Waals surface area contributed by atoms with E-state index < -0.39 is 5.97 Å². The number of hydrogen-bond donors (Lipinski definition) is 0. The highest BCUT2D eigenvalue weighted by molar-refractivity contribution is 6.23. The molecule has 1 aliphatic heterocycles. The number of amides is 1. The maximum absolute atomic E-state index is 13.2. The van der Waals surface area contributed by atoms with Crippen molar-refractivity contribution in [2.24, 2.45) is 0 Å². The Kier molecular flexibility index (Phi) is 5.45. The first-order chi connectivity index (χ1) is 13.3. The summed E-state index contributed by atoms with van der Waals surface area (Å²) in [5.41, 5.74) is 4.46.